The van der Waals surface area contributed by atoms with E-state index in [2.05, 4.69) is 27.5 Å². The number of methoxy groups -OCH3 is 1. The van der Waals surface area contributed by atoms with Gasteiger partial charge in [0.2, 0.25) is 11.8 Å². The molecule has 0 radical (unpaired) electrons. The summed E-state index contributed by atoms with van der Waals surface area (Å²) in [7, 11) is 3.33. The molecule has 2 N–H and O–H groups in total. The van der Waals surface area contributed by atoms with Crippen molar-refractivity contribution in [2.75, 3.05) is 45.7 Å². The first-order valence-electron chi connectivity index (χ1n) is 11.1. The maximum absolute atomic E-state index is 12.7. The number of hydrogen-bond donors (Lipinski definition) is 2. The van der Waals surface area contributed by atoms with Crippen LogP contribution < -0.4 is 10.1 Å². The third-order valence-corrected chi connectivity index (χ3v) is 6.59. The number of likely N-dealkylation sites (tertiary alicyclic amines) is 1. The molecule has 0 saturated carbocycles. The van der Waals surface area contributed by atoms with E-state index in [-0.39, 0.29) is 18.4 Å². The number of H-pyrrole nitrogens is 1. The van der Waals surface area contributed by atoms with Gasteiger partial charge in [0, 0.05) is 24.1 Å². The van der Waals surface area contributed by atoms with Crippen LogP contribution in [-0.4, -0.2) is 66.9 Å². The zero-order valence-electron chi connectivity index (χ0n) is 18.9. The highest BCUT2D eigenvalue weighted by molar-refractivity contribution is 6.33. The molecule has 3 aromatic rings. The van der Waals surface area contributed by atoms with Crippen molar-refractivity contribution in [3.63, 3.8) is 0 Å². The van der Waals surface area contributed by atoms with Gasteiger partial charge in [-0.05, 0) is 67.7 Å². The van der Waals surface area contributed by atoms with Gasteiger partial charge in [0.25, 0.3) is 0 Å². The van der Waals surface area contributed by atoms with Crippen LogP contribution in [0.2, 0.25) is 5.02 Å². The number of carbonyl (C=O) groups is 2. The molecular weight excluding hydrogens is 440 g/mol. The van der Waals surface area contributed by atoms with Gasteiger partial charge < -0.3 is 19.9 Å². The van der Waals surface area contributed by atoms with Crippen LogP contribution in [0.5, 0.6) is 5.75 Å². The van der Waals surface area contributed by atoms with E-state index < -0.39 is 0 Å². The number of para-hydroxylation sites is 1. The van der Waals surface area contributed by atoms with Gasteiger partial charge in [-0.15, -0.1) is 0 Å². The maximum atomic E-state index is 12.7. The van der Waals surface area contributed by atoms with Crippen LogP contribution in [-0.2, 0) is 9.59 Å². The van der Waals surface area contributed by atoms with Gasteiger partial charge in [0.05, 0.1) is 30.9 Å². The summed E-state index contributed by atoms with van der Waals surface area (Å²) in [4.78, 5) is 32.0. The Labute approximate surface area is 198 Å². The van der Waals surface area contributed by atoms with E-state index in [1.54, 1.807) is 38.4 Å². The number of nitrogens with zero attached hydrogens (tertiary/aromatic N) is 2. The number of halogens is 1. The number of fused-ring (bicyclic) bond motifs is 1. The highest BCUT2D eigenvalue weighted by Gasteiger charge is 2.25. The van der Waals surface area contributed by atoms with Crippen molar-refractivity contribution < 1.29 is 14.3 Å². The lowest BCUT2D eigenvalue weighted by atomic mass is 9.89. The molecule has 0 bridgehead atoms. The zero-order valence-corrected chi connectivity index (χ0v) is 19.7. The lowest BCUT2D eigenvalue weighted by Crippen LogP contribution is -2.44. The van der Waals surface area contributed by atoms with E-state index in [4.69, 9.17) is 16.3 Å². The number of ether oxygens (including phenoxy) is 1. The molecule has 1 aliphatic rings. The van der Waals surface area contributed by atoms with Crippen LogP contribution in [0.1, 0.15) is 24.3 Å². The monoisotopic (exact) mass is 468 g/mol. The van der Waals surface area contributed by atoms with E-state index >= 15 is 0 Å². The number of piperidine rings is 1. The van der Waals surface area contributed by atoms with E-state index in [0.29, 0.717) is 23.2 Å². The molecule has 0 aliphatic carbocycles. The average Bonchev–Trinajstić information content (AvgIpc) is 3.24. The molecule has 2 heterocycles. The molecule has 174 valence electrons. The lowest BCUT2D eigenvalue weighted by molar-refractivity contribution is -0.134. The number of aromatic amines is 1. The highest BCUT2D eigenvalue weighted by atomic mass is 35.5. The van der Waals surface area contributed by atoms with Gasteiger partial charge >= 0.3 is 0 Å². The van der Waals surface area contributed by atoms with Crippen LogP contribution in [0.15, 0.2) is 48.7 Å². The molecule has 7 nitrogen and oxygen atoms in total. The highest BCUT2D eigenvalue weighted by Crippen LogP contribution is 2.34. The van der Waals surface area contributed by atoms with Crippen LogP contribution in [0.3, 0.4) is 0 Å². The summed E-state index contributed by atoms with van der Waals surface area (Å²) in [6, 6.07) is 13.1. The number of nitrogens with one attached hydrogen (secondary N) is 2. The zero-order chi connectivity index (χ0) is 23.4. The average molecular weight is 469 g/mol. The number of aromatic nitrogens is 1. The van der Waals surface area contributed by atoms with Gasteiger partial charge in [-0.2, -0.15) is 0 Å². The predicted molar refractivity (Wildman–Crippen MR) is 131 cm³/mol. The Morgan fingerprint density at radius 2 is 1.97 bits per heavy atom. The first-order chi connectivity index (χ1) is 15.9. The van der Waals surface area contributed by atoms with Crippen molar-refractivity contribution in [1.29, 1.82) is 0 Å². The quantitative estimate of drug-likeness (QED) is 0.547. The van der Waals surface area contributed by atoms with Crippen molar-refractivity contribution in [3.8, 4) is 5.75 Å². The maximum Gasteiger partial charge on any atom is 0.244 e. The van der Waals surface area contributed by atoms with Gasteiger partial charge in [0.15, 0.2) is 0 Å². The van der Waals surface area contributed by atoms with Gasteiger partial charge in [0.1, 0.15) is 5.75 Å². The molecule has 1 aromatic heterocycles. The molecular formula is C25H29ClN4O3. The van der Waals surface area contributed by atoms with Crippen molar-refractivity contribution in [2.45, 2.75) is 18.8 Å². The smallest absolute Gasteiger partial charge is 0.244 e. The number of benzene rings is 2. The predicted octanol–water partition coefficient (Wildman–Crippen LogP) is 4.11. The SMILES string of the molecule is COc1ccc2[nH]cc(C3CCN(CC(=O)N(C)CC(=O)Nc4ccccc4Cl)CC3)c2c1. The summed E-state index contributed by atoms with van der Waals surface area (Å²) < 4.78 is 5.38. The van der Waals surface area contributed by atoms with Crippen LogP contribution in [0, 0.1) is 0 Å². The fourth-order valence-electron chi connectivity index (χ4n) is 4.36. The molecule has 2 aromatic carbocycles. The number of anilines is 1. The van der Waals surface area contributed by atoms with Crippen LogP contribution in [0.25, 0.3) is 10.9 Å². The summed E-state index contributed by atoms with van der Waals surface area (Å²) >= 11 is 6.08. The van der Waals surface area contributed by atoms with Crippen molar-refractivity contribution in [1.82, 2.24) is 14.8 Å². The molecule has 0 spiro atoms. The number of hydrogen-bond acceptors (Lipinski definition) is 4. The van der Waals surface area contributed by atoms with E-state index in [9.17, 15) is 9.59 Å². The normalized spacial score (nSPS) is 14.9. The Balaban J connectivity index is 1.27. The van der Waals surface area contributed by atoms with E-state index in [1.807, 2.05) is 12.1 Å². The standard InChI is InChI=1S/C25H29ClN4O3/c1-29(15-24(31)28-23-6-4-3-5-21(23)26)25(32)16-30-11-9-17(10-12-30)20-14-27-22-8-7-18(33-2)13-19(20)22/h3-8,13-14,17,27H,9-12,15-16H2,1-2H3,(H,28,31). The van der Waals surface area contributed by atoms with Crippen molar-refractivity contribution in [2.24, 2.45) is 0 Å². The second-order valence-electron chi connectivity index (χ2n) is 8.48. The summed E-state index contributed by atoms with van der Waals surface area (Å²) in [6.07, 6.45) is 4.06. The molecule has 1 saturated heterocycles. The second kappa shape index (κ2) is 10.3. The molecule has 1 fully saturated rings. The van der Waals surface area contributed by atoms with E-state index in [0.717, 1.165) is 37.2 Å². The number of amides is 2. The van der Waals surface area contributed by atoms with Crippen LogP contribution in [0.4, 0.5) is 5.69 Å². The molecule has 8 heteroatoms. The molecule has 33 heavy (non-hydrogen) atoms. The van der Waals surface area contributed by atoms with Crippen molar-refractivity contribution >= 4 is 40.0 Å². The summed E-state index contributed by atoms with van der Waals surface area (Å²) in [6.45, 7) is 1.97. The Hall–Kier alpha value is -3.03. The Kier molecular flexibility index (Phi) is 7.20. The summed E-state index contributed by atoms with van der Waals surface area (Å²) in [5.41, 5.74) is 2.96. The lowest BCUT2D eigenvalue weighted by Gasteiger charge is -2.32. The minimum atomic E-state index is -0.271. The summed E-state index contributed by atoms with van der Waals surface area (Å²) in [5.74, 6) is 0.955. The fraction of sp³-hybridized carbons (Fsp3) is 0.360. The third-order valence-electron chi connectivity index (χ3n) is 6.26. The molecule has 4 rings (SSSR count). The Morgan fingerprint density at radius 1 is 1.21 bits per heavy atom. The van der Waals surface area contributed by atoms with Crippen LogP contribution >= 0.6 is 11.6 Å². The number of likely N-dealkylation sites (N-methyl/N-ethyl adjacent to an activating group) is 1. The first-order valence-corrected chi connectivity index (χ1v) is 11.5. The van der Waals surface area contributed by atoms with E-state index in [1.165, 1.54) is 15.8 Å². The largest absolute Gasteiger partial charge is 0.497 e. The fourth-order valence-corrected chi connectivity index (χ4v) is 4.54. The van der Waals surface area contributed by atoms with Gasteiger partial charge in [-0.3, -0.25) is 14.5 Å². The molecule has 1 aliphatic heterocycles. The first kappa shape index (κ1) is 23.1. The Morgan fingerprint density at radius 3 is 2.70 bits per heavy atom. The minimum absolute atomic E-state index is 0.0162. The van der Waals surface area contributed by atoms with Crippen molar-refractivity contribution in [3.05, 3.63) is 59.2 Å². The molecule has 2 amide bonds. The second-order valence-corrected chi connectivity index (χ2v) is 8.89. The molecule has 0 unspecified atom stereocenters. The van der Waals surface area contributed by atoms with Gasteiger partial charge in [-0.1, -0.05) is 23.7 Å². The molecule has 0 atom stereocenters. The topological polar surface area (TPSA) is 77.7 Å². The number of carbonyl (C=O) groups excluding carboxylic acids is 2. The summed E-state index contributed by atoms with van der Waals surface area (Å²) in [5, 5.41) is 4.42. The minimum Gasteiger partial charge on any atom is -0.497 e. The number of rotatable bonds is 7. The van der Waals surface area contributed by atoms with Gasteiger partial charge in [-0.25, -0.2) is 0 Å². The third kappa shape index (κ3) is 5.49. The Bertz CT molecular complexity index is 1140.